The minimum absolute atomic E-state index is 0.121. The van der Waals surface area contributed by atoms with Crippen LogP contribution in [0.1, 0.15) is 43.2 Å². The Kier molecular flexibility index (Phi) is 10.0. The van der Waals surface area contributed by atoms with Crippen LogP contribution < -0.4 is 10.1 Å². The SMILES string of the molecule is O=C(NC1CCCCC1)[C@@H](Cc1ccccc1)N(Cc1ccc(Br)cc1)C(=O)COc1cccc(Cl)c1. The number of carbonyl (C=O) groups is 2. The zero-order valence-electron chi connectivity index (χ0n) is 20.7. The van der Waals surface area contributed by atoms with Crippen molar-refractivity contribution in [2.75, 3.05) is 6.61 Å². The number of hydrogen-bond donors (Lipinski definition) is 1. The number of amides is 2. The summed E-state index contributed by atoms with van der Waals surface area (Å²) < 4.78 is 6.75. The predicted molar refractivity (Wildman–Crippen MR) is 151 cm³/mol. The molecule has 7 heteroatoms. The molecule has 1 aliphatic carbocycles. The maximum atomic E-state index is 13.8. The Balaban J connectivity index is 1.60. The molecule has 3 aromatic rings. The number of carbonyl (C=O) groups excluding carboxylic acids is 2. The van der Waals surface area contributed by atoms with E-state index in [-0.39, 0.29) is 24.5 Å². The lowest BCUT2D eigenvalue weighted by Gasteiger charge is -2.33. The van der Waals surface area contributed by atoms with E-state index in [1.807, 2.05) is 54.6 Å². The maximum absolute atomic E-state index is 13.8. The van der Waals surface area contributed by atoms with Gasteiger partial charge in [-0.2, -0.15) is 0 Å². The van der Waals surface area contributed by atoms with Gasteiger partial charge in [0, 0.05) is 28.5 Å². The molecule has 0 aromatic heterocycles. The third-order valence-corrected chi connectivity index (χ3v) is 7.41. The molecule has 1 fully saturated rings. The van der Waals surface area contributed by atoms with Gasteiger partial charge in [0.05, 0.1) is 0 Å². The number of hydrogen-bond acceptors (Lipinski definition) is 3. The Morgan fingerprint density at radius 3 is 2.38 bits per heavy atom. The van der Waals surface area contributed by atoms with E-state index < -0.39 is 6.04 Å². The summed E-state index contributed by atoms with van der Waals surface area (Å²) in [5, 5.41) is 3.78. The van der Waals surface area contributed by atoms with E-state index in [1.54, 1.807) is 29.2 Å². The van der Waals surface area contributed by atoms with Crippen molar-refractivity contribution in [1.29, 1.82) is 0 Å². The van der Waals surface area contributed by atoms with Crippen LogP contribution in [0.4, 0.5) is 0 Å². The standard InChI is InChI=1S/C30H32BrClN2O3/c31-24-16-14-23(15-17-24)20-34(29(35)21-37-27-13-7-10-25(32)19-27)28(18-22-8-3-1-4-9-22)30(36)33-26-11-5-2-6-12-26/h1,3-4,7-10,13-17,19,26,28H,2,5-6,11-12,18,20-21H2,(H,33,36)/t28-/m1/s1. The summed E-state index contributed by atoms with van der Waals surface area (Å²) in [6.45, 7) is 0.0967. The maximum Gasteiger partial charge on any atom is 0.261 e. The lowest BCUT2D eigenvalue weighted by molar-refractivity contribution is -0.143. The molecule has 1 N–H and O–H groups in total. The topological polar surface area (TPSA) is 58.6 Å². The molecule has 0 spiro atoms. The van der Waals surface area contributed by atoms with E-state index in [0.717, 1.165) is 41.3 Å². The molecule has 0 bridgehead atoms. The van der Waals surface area contributed by atoms with Crippen molar-refractivity contribution in [1.82, 2.24) is 10.2 Å². The summed E-state index contributed by atoms with van der Waals surface area (Å²) >= 11 is 9.56. The van der Waals surface area contributed by atoms with Crippen LogP contribution in [0.5, 0.6) is 5.75 Å². The zero-order valence-corrected chi connectivity index (χ0v) is 23.1. The number of halogens is 2. The summed E-state index contributed by atoms with van der Waals surface area (Å²) in [7, 11) is 0. The monoisotopic (exact) mass is 582 g/mol. The van der Waals surface area contributed by atoms with Gasteiger partial charge in [0.15, 0.2) is 6.61 Å². The van der Waals surface area contributed by atoms with Crippen molar-refractivity contribution in [3.8, 4) is 5.75 Å². The van der Waals surface area contributed by atoms with Gasteiger partial charge in [-0.3, -0.25) is 9.59 Å². The van der Waals surface area contributed by atoms with E-state index in [4.69, 9.17) is 16.3 Å². The third kappa shape index (κ3) is 8.34. The van der Waals surface area contributed by atoms with E-state index in [2.05, 4.69) is 21.2 Å². The predicted octanol–water partition coefficient (Wildman–Crippen LogP) is 6.57. The molecule has 0 radical (unpaired) electrons. The second-order valence-electron chi connectivity index (χ2n) is 9.44. The lowest BCUT2D eigenvalue weighted by Crippen LogP contribution is -2.53. The van der Waals surface area contributed by atoms with Gasteiger partial charge < -0.3 is 15.0 Å². The highest BCUT2D eigenvalue weighted by Gasteiger charge is 2.32. The van der Waals surface area contributed by atoms with Crippen LogP contribution in [0.2, 0.25) is 5.02 Å². The van der Waals surface area contributed by atoms with Crippen LogP contribution in [-0.2, 0) is 22.6 Å². The van der Waals surface area contributed by atoms with Gasteiger partial charge in [-0.15, -0.1) is 0 Å². The van der Waals surface area contributed by atoms with Crippen molar-refractivity contribution in [3.63, 3.8) is 0 Å². The van der Waals surface area contributed by atoms with Crippen molar-refractivity contribution >= 4 is 39.3 Å². The molecule has 0 heterocycles. The molecular weight excluding hydrogens is 552 g/mol. The van der Waals surface area contributed by atoms with Gasteiger partial charge in [-0.05, 0) is 54.3 Å². The molecule has 37 heavy (non-hydrogen) atoms. The highest BCUT2D eigenvalue weighted by atomic mass is 79.9. The minimum Gasteiger partial charge on any atom is -0.484 e. The summed E-state index contributed by atoms with van der Waals surface area (Å²) in [6.07, 6.45) is 5.80. The van der Waals surface area contributed by atoms with E-state index >= 15 is 0 Å². The van der Waals surface area contributed by atoms with Gasteiger partial charge in [0.25, 0.3) is 5.91 Å². The molecule has 3 aromatic carbocycles. The fraction of sp³-hybridized carbons (Fsp3) is 0.333. The quantitative estimate of drug-likeness (QED) is 0.294. The molecular formula is C30H32BrClN2O3. The number of rotatable bonds is 10. The van der Waals surface area contributed by atoms with Crippen LogP contribution >= 0.6 is 27.5 Å². The number of nitrogens with zero attached hydrogens (tertiary/aromatic N) is 1. The molecule has 1 saturated carbocycles. The van der Waals surface area contributed by atoms with Crippen molar-refractivity contribution in [2.45, 2.75) is 57.2 Å². The first-order valence-electron chi connectivity index (χ1n) is 12.7. The smallest absolute Gasteiger partial charge is 0.261 e. The first kappa shape index (κ1) is 27.2. The van der Waals surface area contributed by atoms with E-state index in [1.165, 1.54) is 6.42 Å². The third-order valence-electron chi connectivity index (χ3n) is 6.65. The number of nitrogens with one attached hydrogen (secondary N) is 1. The highest BCUT2D eigenvalue weighted by molar-refractivity contribution is 9.10. The van der Waals surface area contributed by atoms with Crippen molar-refractivity contribution in [2.24, 2.45) is 0 Å². The van der Waals surface area contributed by atoms with Crippen LogP contribution in [0.25, 0.3) is 0 Å². The van der Waals surface area contributed by atoms with Crippen LogP contribution in [0, 0.1) is 0 Å². The molecule has 4 rings (SSSR count). The van der Waals surface area contributed by atoms with E-state index in [9.17, 15) is 9.59 Å². The summed E-state index contributed by atoms with van der Waals surface area (Å²) in [5.41, 5.74) is 1.93. The zero-order chi connectivity index (χ0) is 26.0. The van der Waals surface area contributed by atoms with Crippen LogP contribution in [-0.4, -0.2) is 35.4 Å². The first-order chi connectivity index (χ1) is 18.0. The fourth-order valence-electron chi connectivity index (χ4n) is 4.67. The molecule has 2 amide bonds. The molecule has 0 saturated heterocycles. The average molecular weight is 584 g/mol. The fourth-order valence-corrected chi connectivity index (χ4v) is 5.11. The lowest BCUT2D eigenvalue weighted by atomic mass is 9.94. The van der Waals surface area contributed by atoms with E-state index in [0.29, 0.717) is 23.7 Å². The van der Waals surface area contributed by atoms with Gasteiger partial charge in [-0.1, -0.05) is 95.3 Å². The van der Waals surface area contributed by atoms with Gasteiger partial charge in [-0.25, -0.2) is 0 Å². The summed E-state index contributed by atoms with van der Waals surface area (Å²) in [6, 6.07) is 24.1. The molecule has 5 nitrogen and oxygen atoms in total. The molecule has 1 aliphatic rings. The Hall–Kier alpha value is -2.83. The second kappa shape index (κ2) is 13.6. The molecule has 194 valence electrons. The minimum atomic E-state index is -0.677. The highest BCUT2D eigenvalue weighted by Crippen LogP contribution is 2.21. The number of benzene rings is 3. The van der Waals surface area contributed by atoms with Gasteiger partial charge >= 0.3 is 0 Å². The summed E-state index contributed by atoms with van der Waals surface area (Å²) in [4.78, 5) is 29.1. The Labute approximate surface area is 232 Å². The van der Waals surface area contributed by atoms with Crippen molar-refractivity contribution < 1.29 is 14.3 Å². The van der Waals surface area contributed by atoms with Gasteiger partial charge in [0.1, 0.15) is 11.8 Å². The molecule has 0 aliphatic heterocycles. The Morgan fingerprint density at radius 2 is 1.68 bits per heavy atom. The Bertz CT molecular complexity index is 1170. The van der Waals surface area contributed by atoms with Crippen LogP contribution in [0.15, 0.2) is 83.3 Å². The molecule has 0 unspecified atom stereocenters. The first-order valence-corrected chi connectivity index (χ1v) is 13.9. The number of ether oxygens (including phenoxy) is 1. The van der Waals surface area contributed by atoms with Crippen LogP contribution in [0.3, 0.4) is 0 Å². The molecule has 1 atom stereocenters. The average Bonchev–Trinajstić information content (AvgIpc) is 2.91. The summed E-state index contributed by atoms with van der Waals surface area (Å²) in [5.74, 6) is 0.127. The largest absolute Gasteiger partial charge is 0.484 e. The Morgan fingerprint density at radius 1 is 0.946 bits per heavy atom. The van der Waals surface area contributed by atoms with Crippen molar-refractivity contribution in [3.05, 3.63) is 99.5 Å². The normalized spacial score (nSPS) is 14.5. The van der Waals surface area contributed by atoms with Gasteiger partial charge in [0.2, 0.25) is 5.91 Å². The second-order valence-corrected chi connectivity index (χ2v) is 10.8.